The number of amides is 1. The Bertz CT molecular complexity index is 1400. The second-order valence-corrected chi connectivity index (χ2v) is 8.95. The van der Waals surface area contributed by atoms with Gasteiger partial charge in [0, 0.05) is 25.3 Å². The van der Waals surface area contributed by atoms with Gasteiger partial charge in [-0.3, -0.25) is 14.2 Å². The van der Waals surface area contributed by atoms with Crippen LogP contribution in [-0.2, 0) is 16.0 Å². The first-order chi connectivity index (χ1) is 17.4. The van der Waals surface area contributed by atoms with Crippen molar-refractivity contribution in [1.29, 1.82) is 0 Å². The van der Waals surface area contributed by atoms with Crippen LogP contribution in [0.4, 0.5) is 4.39 Å². The highest BCUT2D eigenvalue weighted by Gasteiger charge is 2.27. The molecule has 0 saturated heterocycles. The highest BCUT2D eigenvalue weighted by atomic mass is 35.5. The van der Waals surface area contributed by atoms with Crippen LogP contribution in [-0.4, -0.2) is 40.6 Å². The summed E-state index contributed by atoms with van der Waals surface area (Å²) in [5.41, 5.74) is 1.63. The van der Waals surface area contributed by atoms with Gasteiger partial charge in [-0.15, -0.1) is 0 Å². The minimum atomic E-state index is -0.539. The topological polar surface area (TPSA) is 64.4 Å². The van der Waals surface area contributed by atoms with Gasteiger partial charge in [0.05, 0.1) is 29.1 Å². The van der Waals surface area contributed by atoms with E-state index in [4.69, 9.17) is 21.3 Å². The molecule has 0 aliphatic carbocycles. The van der Waals surface area contributed by atoms with E-state index in [1.165, 1.54) is 16.7 Å². The lowest BCUT2D eigenvalue weighted by Gasteiger charge is -2.31. The number of methoxy groups -OCH3 is 1. The minimum Gasteiger partial charge on any atom is -0.385 e. The maximum atomic E-state index is 13.6. The van der Waals surface area contributed by atoms with E-state index in [1.54, 1.807) is 66.6 Å². The standard InChI is InChI=1S/C28H27ClFN3O3/c1-19(32(16-5-17-36-2)26(34)18-20-8-12-22(30)13-9-20)27-31-25-7-4-3-6-24(25)28(35)33(27)23-14-10-21(29)11-15-23/h3-4,6-15,19H,5,16-18H2,1-2H3. The monoisotopic (exact) mass is 507 g/mol. The molecule has 186 valence electrons. The summed E-state index contributed by atoms with van der Waals surface area (Å²) in [6.45, 7) is 2.73. The van der Waals surface area contributed by atoms with Crippen LogP contribution in [0, 0.1) is 5.82 Å². The molecular weight excluding hydrogens is 481 g/mol. The number of carbonyl (C=O) groups is 1. The van der Waals surface area contributed by atoms with Gasteiger partial charge in [-0.2, -0.15) is 0 Å². The predicted molar refractivity (Wildman–Crippen MR) is 139 cm³/mol. The van der Waals surface area contributed by atoms with Crippen molar-refractivity contribution in [2.45, 2.75) is 25.8 Å². The highest BCUT2D eigenvalue weighted by Crippen LogP contribution is 2.25. The quantitative estimate of drug-likeness (QED) is 0.287. The first-order valence-corrected chi connectivity index (χ1v) is 12.1. The molecule has 1 unspecified atom stereocenters. The van der Waals surface area contributed by atoms with Crippen LogP contribution in [0.2, 0.25) is 5.02 Å². The third-order valence-corrected chi connectivity index (χ3v) is 6.32. The first-order valence-electron chi connectivity index (χ1n) is 11.7. The molecule has 36 heavy (non-hydrogen) atoms. The maximum Gasteiger partial charge on any atom is 0.266 e. The third kappa shape index (κ3) is 5.64. The fourth-order valence-electron chi connectivity index (χ4n) is 4.20. The molecule has 1 atom stereocenters. The van der Waals surface area contributed by atoms with E-state index in [0.717, 1.165) is 0 Å². The molecule has 4 rings (SSSR count). The van der Waals surface area contributed by atoms with E-state index in [1.807, 2.05) is 13.0 Å². The summed E-state index contributed by atoms with van der Waals surface area (Å²) < 4.78 is 20.1. The number of benzene rings is 3. The largest absolute Gasteiger partial charge is 0.385 e. The summed E-state index contributed by atoms with van der Waals surface area (Å²) in [4.78, 5) is 33.7. The summed E-state index contributed by atoms with van der Waals surface area (Å²) in [6, 6.07) is 19.4. The third-order valence-electron chi connectivity index (χ3n) is 6.06. The van der Waals surface area contributed by atoms with Gasteiger partial charge in [-0.1, -0.05) is 35.9 Å². The summed E-state index contributed by atoms with van der Waals surface area (Å²) in [7, 11) is 1.61. The summed E-state index contributed by atoms with van der Waals surface area (Å²) in [5, 5.41) is 1.03. The molecule has 1 heterocycles. The lowest BCUT2D eigenvalue weighted by Crippen LogP contribution is -2.39. The molecule has 0 spiro atoms. The Balaban J connectivity index is 1.80. The number of aromatic nitrogens is 2. The van der Waals surface area contributed by atoms with Crippen LogP contribution in [0.3, 0.4) is 0 Å². The molecule has 4 aromatic rings. The molecule has 8 heteroatoms. The SMILES string of the molecule is COCCCN(C(=O)Cc1ccc(F)cc1)C(C)c1nc2ccccc2c(=O)n1-c1ccc(Cl)cc1. The Kier molecular flexibility index (Phi) is 8.13. The lowest BCUT2D eigenvalue weighted by molar-refractivity contribution is -0.133. The molecular formula is C28H27ClFN3O3. The average Bonchev–Trinajstić information content (AvgIpc) is 2.88. The number of hydrogen-bond donors (Lipinski definition) is 0. The Hall–Kier alpha value is -3.55. The van der Waals surface area contributed by atoms with Gasteiger partial charge in [0.1, 0.15) is 11.6 Å². The zero-order chi connectivity index (χ0) is 25.7. The van der Waals surface area contributed by atoms with Crippen molar-refractivity contribution in [2.75, 3.05) is 20.3 Å². The Morgan fingerprint density at radius 1 is 1.08 bits per heavy atom. The first kappa shape index (κ1) is 25.5. The fraction of sp³-hybridized carbons (Fsp3) is 0.250. The van der Waals surface area contributed by atoms with E-state index >= 15 is 0 Å². The molecule has 6 nitrogen and oxygen atoms in total. The van der Waals surface area contributed by atoms with Crippen molar-refractivity contribution in [1.82, 2.24) is 14.5 Å². The average molecular weight is 508 g/mol. The van der Waals surface area contributed by atoms with Crippen molar-refractivity contribution in [3.63, 3.8) is 0 Å². The normalized spacial score (nSPS) is 12.0. The van der Waals surface area contributed by atoms with E-state index in [2.05, 4.69) is 0 Å². The maximum absolute atomic E-state index is 13.6. The molecule has 0 fully saturated rings. The predicted octanol–water partition coefficient (Wildman–Crippen LogP) is 5.35. The zero-order valence-corrected chi connectivity index (χ0v) is 20.9. The number of ether oxygens (including phenoxy) is 1. The summed E-state index contributed by atoms with van der Waals surface area (Å²) >= 11 is 6.09. The van der Waals surface area contributed by atoms with Gasteiger partial charge in [-0.25, -0.2) is 9.37 Å². The number of rotatable bonds is 9. The van der Waals surface area contributed by atoms with Gasteiger partial charge >= 0.3 is 0 Å². The van der Waals surface area contributed by atoms with E-state index < -0.39 is 6.04 Å². The van der Waals surface area contributed by atoms with Crippen molar-refractivity contribution in [3.8, 4) is 5.69 Å². The van der Waals surface area contributed by atoms with Gasteiger partial charge in [0.2, 0.25) is 5.91 Å². The highest BCUT2D eigenvalue weighted by molar-refractivity contribution is 6.30. The summed E-state index contributed by atoms with van der Waals surface area (Å²) in [5.74, 6) is -0.0787. The van der Waals surface area contributed by atoms with Gasteiger partial charge in [-0.05, 0) is 67.4 Å². The van der Waals surface area contributed by atoms with E-state index in [9.17, 15) is 14.0 Å². The molecule has 0 radical (unpaired) electrons. The zero-order valence-electron chi connectivity index (χ0n) is 20.2. The molecule has 1 aromatic heterocycles. The fourth-order valence-corrected chi connectivity index (χ4v) is 4.33. The van der Waals surface area contributed by atoms with Gasteiger partial charge < -0.3 is 9.64 Å². The van der Waals surface area contributed by atoms with Crippen LogP contribution in [0.5, 0.6) is 0 Å². The lowest BCUT2D eigenvalue weighted by atomic mass is 10.1. The second kappa shape index (κ2) is 11.5. The van der Waals surface area contributed by atoms with Gasteiger partial charge in [0.25, 0.3) is 5.56 Å². The van der Waals surface area contributed by atoms with Crippen LogP contribution in [0.25, 0.3) is 16.6 Å². The molecule has 0 N–H and O–H groups in total. The van der Waals surface area contributed by atoms with Crippen LogP contribution in [0.1, 0.15) is 30.8 Å². The Morgan fingerprint density at radius 2 is 1.78 bits per heavy atom. The van der Waals surface area contributed by atoms with Crippen LogP contribution in [0.15, 0.2) is 77.6 Å². The van der Waals surface area contributed by atoms with Crippen molar-refractivity contribution in [3.05, 3.63) is 105 Å². The van der Waals surface area contributed by atoms with Crippen molar-refractivity contribution < 1.29 is 13.9 Å². The number of hydrogen-bond acceptors (Lipinski definition) is 4. The molecule has 0 aliphatic heterocycles. The van der Waals surface area contributed by atoms with E-state index in [-0.39, 0.29) is 23.7 Å². The molecule has 0 bridgehead atoms. The molecule has 0 aliphatic rings. The number of nitrogens with zero attached hydrogens (tertiary/aromatic N) is 3. The van der Waals surface area contributed by atoms with Crippen LogP contribution < -0.4 is 5.56 Å². The Morgan fingerprint density at radius 3 is 2.47 bits per heavy atom. The smallest absolute Gasteiger partial charge is 0.266 e. The number of para-hydroxylation sites is 1. The summed E-state index contributed by atoms with van der Waals surface area (Å²) in [6.07, 6.45) is 0.700. The Labute approximate surface area is 213 Å². The second-order valence-electron chi connectivity index (χ2n) is 8.52. The number of fused-ring (bicyclic) bond motifs is 1. The molecule has 0 saturated carbocycles. The molecule has 3 aromatic carbocycles. The number of halogens is 2. The van der Waals surface area contributed by atoms with Crippen LogP contribution >= 0.6 is 11.6 Å². The number of carbonyl (C=O) groups excluding carboxylic acids is 1. The minimum absolute atomic E-state index is 0.0936. The van der Waals surface area contributed by atoms with Crippen molar-refractivity contribution >= 4 is 28.4 Å². The molecule has 1 amide bonds. The van der Waals surface area contributed by atoms with Gasteiger partial charge in [0.15, 0.2) is 0 Å². The van der Waals surface area contributed by atoms with E-state index in [0.29, 0.717) is 52.6 Å². The van der Waals surface area contributed by atoms with Crippen molar-refractivity contribution in [2.24, 2.45) is 0 Å².